The van der Waals surface area contributed by atoms with Crippen molar-refractivity contribution in [3.05, 3.63) is 24.4 Å². The van der Waals surface area contributed by atoms with Crippen LogP contribution < -0.4 is 16.0 Å². The highest BCUT2D eigenvalue weighted by molar-refractivity contribution is 6.02. The van der Waals surface area contributed by atoms with Crippen molar-refractivity contribution >= 4 is 65.0 Å². The van der Waals surface area contributed by atoms with Gasteiger partial charge in [0.1, 0.15) is 66.1 Å². The average Bonchev–Trinajstić information content (AvgIpc) is 2.37. The first-order valence-electron chi connectivity index (χ1n) is 31.1. The van der Waals surface area contributed by atoms with E-state index in [1.165, 1.54) is 104 Å². The SMILES string of the molecule is C=C1C(=O)N(C)[C@@H](CC(C)(C)O)C(=O)N[C@@H](C(C)C)C(=O)N(C)[C@@H](CC(C)C)C(=O)N[C@@H](C)C(=O)N[C@H](C)C(=O)N(C)[C@@H](CC(C)C)C(=O)N(C)[C@@H](CC(C)C)C(=O)N(C)[C@@H](C(C)C)C(=O)N(C)[C@@H]([C@H](O)[C@H](C)C/C=C/C)C(=O)N(C)[C@@H](CC)C(=O)N1C. The number of allylic oxidation sites excluding steroid dienone is 2. The Morgan fingerprint density at radius 2 is 0.909 bits per heavy atom. The fraction of sp³-hybridized carbons (Fsp3) is 0.766. The van der Waals surface area contributed by atoms with E-state index in [0.29, 0.717) is 0 Å². The lowest BCUT2D eigenvalue weighted by atomic mass is 9.91. The Hall–Kier alpha value is -6.43. The number of hydrogen-bond acceptors (Lipinski definition) is 13. The molecular formula is C64H113N11O13. The number of aliphatic hydroxyl groups excluding tert-OH is 1. The van der Waals surface area contributed by atoms with Crippen molar-refractivity contribution in [1.82, 2.24) is 55.1 Å². The minimum atomic E-state index is -1.65. The summed E-state index contributed by atoms with van der Waals surface area (Å²) in [5.41, 5.74) is -2.03. The van der Waals surface area contributed by atoms with Gasteiger partial charge in [0.15, 0.2) is 0 Å². The number of amides is 11. The second-order valence-electron chi connectivity index (χ2n) is 26.9. The van der Waals surface area contributed by atoms with E-state index in [1.807, 2.05) is 41.5 Å². The molecule has 11 amide bonds. The van der Waals surface area contributed by atoms with Gasteiger partial charge >= 0.3 is 0 Å². The van der Waals surface area contributed by atoms with Crippen LogP contribution in [0.15, 0.2) is 24.4 Å². The summed E-state index contributed by atoms with van der Waals surface area (Å²) in [5.74, 6) is -10.6. The monoisotopic (exact) mass is 1240 g/mol. The van der Waals surface area contributed by atoms with E-state index in [-0.39, 0.29) is 56.3 Å². The molecule has 1 rings (SSSR count). The Balaban J connectivity index is 4.46. The summed E-state index contributed by atoms with van der Waals surface area (Å²) in [6, 6.07) is -13.1. The van der Waals surface area contributed by atoms with Crippen molar-refractivity contribution in [3.63, 3.8) is 0 Å². The Morgan fingerprint density at radius 3 is 1.35 bits per heavy atom. The first-order chi connectivity index (χ1) is 40.4. The Labute approximate surface area is 525 Å². The molecule has 0 saturated carbocycles. The summed E-state index contributed by atoms with van der Waals surface area (Å²) in [4.78, 5) is 171. The molecule has 24 heteroatoms. The molecule has 0 aliphatic carbocycles. The Morgan fingerprint density at radius 1 is 0.500 bits per heavy atom. The molecule has 0 unspecified atom stereocenters. The van der Waals surface area contributed by atoms with E-state index < -0.39 is 161 Å². The number of rotatable bonds is 15. The number of carbonyl (C=O) groups is 11. The molecule has 0 aromatic rings. The van der Waals surface area contributed by atoms with Crippen LogP contribution in [0.4, 0.5) is 0 Å². The quantitative estimate of drug-likeness (QED) is 0.116. The van der Waals surface area contributed by atoms with Crippen LogP contribution in [-0.2, 0) is 52.7 Å². The number of carbonyl (C=O) groups excluding carboxylic acids is 11. The van der Waals surface area contributed by atoms with Gasteiger partial charge in [0.25, 0.3) is 5.91 Å². The van der Waals surface area contributed by atoms with Gasteiger partial charge in [-0.2, -0.15) is 0 Å². The van der Waals surface area contributed by atoms with Crippen LogP contribution in [0.1, 0.15) is 156 Å². The molecule has 5 N–H and O–H groups in total. The van der Waals surface area contributed by atoms with Crippen LogP contribution in [0, 0.1) is 35.5 Å². The maximum atomic E-state index is 15.3. The van der Waals surface area contributed by atoms with Gasteiger partial charge in [0.05, 0.1) is 11.7 Å². The maximum absolute atomic E-state index is 15.3. The summed E-state index contributed by atoms with van der Waals surface area (Å²) in [6.07, 6.45) is 2.28. The third-order valence-electron chi connectivity index (χ3n) is 16.7. The van der Waals surface area contributed by atoms with Crippen LogP contribution in [0.5, 0.6) is 0 Å². The number of nitrogens with zero attached hydrogens (tertiary/aromatic N) is 8. The third-order valence-corrected chi connectivity index (χ3v) is 16.7. The fourth-order valence-corrected chi connectivity index (χ4v) is 11.0. The van der Waals surface area contributed by atoms with Crippen molar-refractivity contribution in [2.45, 2.75) is 228 Å². The molecule has 0 spiro atoms. The first kappa shape index (κ1) is 79.6. The lowest BCUT2D eigenvalue weighted by Gasteiger charge is -2.42. The zero-order valence-corrected chi connectivity index (χ0v) is 57.9. The summed E-state index contributed by atoms with van der Waals surface area (Å²) < 4.78 is 0. The van der Waals surface area contributed by atoms with Crippen LogP contribution in [0.2, 0.25) is 0 Å². The molecule has 1 saturated heterocycles. The van der Waals surface area contributed by atoms with Gasteiger partial charge in [0.2, 0.25) is 59.1 Å². The molecule has 12 atom stereocenters. The summed E-state index contributed by atoms with van der Waals surface area (Å²) >= 11 is 0. The van der Waals surface area contributed by atoms with E-state index in [4.69, 9.17) is 0 Å². The average molecular weight is 1240 g/mol. The molecule has 0 radical (unpaired) electrons. The number of hydrogen-bond donors (Lipinski definition) is 5. The fourth-order valence-electron chi connectivity index (χ4n) is 11.0. The van der Waals surface area contributed by atoms with E-state index >= 15 is 19.2 Å². The van der Waals surface area contributed by atoms with E-state index in [9.17, 15) is 43.8 Å². The van der Waals surface area contributed by atoms with Crippen LogP contribution in [0.25, 0.3) is 0 Å². The predicted molar refractivity (Wildman–Crippen MR) is 339 cm³/mol. The highest BCUT2D eigenvalue weighted by Crippen LogP contribution is 2.27. The number of nitrogens with one attached hydrogen (secondary N) is 3. The van der Waals surface area contributed by atoms with Crippen molar-refractivity contribution in [3.8, 4) is 0 Å². The lowest BCUT2D eigenvalue weighted by molar-refractivity contribution is -0.160. The van der Waals surface area contributed by atoms with Crippen LogP contribution in [-0.4, -0.2) is 243 Å². The highest BCUT2D eigenvalue weighted by Gasteiger charge is 2.47. The van der Waals surface area contributed by atoms with E-state index in [2.05, 4.69) is 22.5 Å². The first-order valence-corrected chi connectivity index (χ1v) is 31.1. The molecule has 0 aromatic heterocycles. The normalized spacial score (nSPS) is 26.7. The van der Waals surface area contributed by atoms with Gasteiger partial charge in [-0.05, 0) is 102 Å². The minimum absolute atomic E-state index is 0.0375. The van der Waals surface area contributed by atoms with Gasteiger partial charge in [-0.25, -0.2) is 0 Å². The van der Waals surface area contributed by atoms with E-state index in [0.717, 1.165) is 19.6 Å². The van der Waals surface area contributed by atoms with Gasteiger partial charge in [-0.15, -0.1) is 0 Å². The number of aliphatic hydroxyl groups is 2. The maximum Gasteiger partial charge on any atom is 0.270 e. The summed E-state index contributed by atoms with van der Waals surface area (Å²) in [5, 5.41) is 31.5. The molecule has 0 aromatic carbocycles. The molecule has 1 aliphatic heterocycles. The Bertz CT molecular complexity index is 2490. The highest BCUT2D eigenvalue weighted by atomic mass is 16.3. The van der Waals surface area contributed by atoms with Gasteiger partial charge in [-0.1, -0.05) is 102 Å². The van der Waals surface area contributed by atoms with E-state index in [1.54, 1.807) is 60.6 Å². The lowest BCUT2D eigenvalue weighted by Crippen LogP contribution is -2.63. The molecular weight excluding hydrogens is 1130 g/mol. The third kappa shape index (κ3) is 21.1. The van der Waals surface area contributed by atoms with Gasteiger partial charge in [0, 0.05) is 62.8 Å². The molecule has 0 bridgehead atoms. The summed E-state index contributed by atoms with van der Waals surface area (Å²) in [7, 11) is 10.9. The topological polar surface area (TPSA) is 290 Å². The smallest absolute Gasteiger partial charge is 0.270 e. The molecule has 88 heavy (non-hydrogen) atoms. The van der Waals surface area contributed by atoms with Crippen molar-refractivity contribution in [2.24, 2.45) is 35.5 Å². The number of likely N-dealkylation sites (N-methyl/N-ethyl adjacent to an activating group) is 8. The van der Waals surface area contributed by atoms with Crippen molar-refractivity contribution in [1.29, 1.82) is 0 Å². The minimum Gasteiger partial charge on any atom is -0.390 e. The largest absolute Gasteiger partial charge is 0.390 e. The van der Waals surface area contributed by atoms with Gasteiger partial charge < -0.3 is 65.4 Å². The van der Waals surface area contributed by atoms with Gasteiger partial charge in [-0.3, -0.25) is 52.7 Å². The second-order valence-corrected chi connectivity index (χ2v) is 26.9. The molecule has 1 fully saturated rings. The molecule has 502 valence electrons. The van der Waals surface area contributed by atoms with Crippen molar-refractivity contribution in [2.75, 3.05) is 56.4 Å². The molecule has 1 aliphatic rings. The Kier molecular flexibility index (Phi) is 31.2. The van der Waals surface area contributed by atoms with Crippen LogP contribution >= 0.6 is 0 Å². The molecule has 24 nitrogen and oxygen atoms in total. The van der Waals surface area contributed by atoms with Crippen LogP contribution in [0.3, 0.4) is 0 Å². The summed E-state index contributed by atoms with van der Waals surface area (Å²) in [6.45, 7) is 32.6. The zero-order valence-electron chi connectivity index (χ0n) is 57.9. The zero-order chi connectivity index (χ0) is 68.6. The second kappa shape index (κ2) is 34.5. The predicted octanol–water partition coefficient (Wildman–Crippen LogP) is 3.24. The molecule has 1 heterocycles. The van der Waals surface area contributed by atoms with Crippen molar-refractivity contribution < 1.29 is 63.0 Å². The standard InChI is InChI=1S/C64H113N11O13/c1-27-29-30-40(13)52(76)51-63(87)69(20)44(28-2)58(82)68(19)43(16)57(81)73(24)48(34-64(17,18)88)55(79)67-49(38(9)10)61(85)70(21)45(31-35(3)4)54(78)65-41(14)53(77)66-42(15)56(80)71(22)46(32-36(5)6)59(83)72(23)47(33-37(7)8)60(84)74(25)50(39(11)12)62(86)75(51)26/h27,29,35-42,44-52,76,88H,16,28,30-34H2,1-15,17-26H3,(H,65,78)(H,66,77)(H,67,79)/b29-27+/t40-,41+,42-,44+,45+,46+,47+,48+,49+,50+,51+,52-/m1/s1.